The molecule has 0 aliphatic heterocycles. The van der Waals surface area contributed by atoms with E-state index < -0.39 is 0 Å². The van der Waals surface area contributed by atoms with E-state index >= 15 is 0 Å². The maximum atomic E-state index is 3.49. The Morgan fingerprint density at radius 1 is 1.09 bits per heavy atom. The summed E-state index contributed by atoms with van der Waals surface area (Å²) < 4.78 is 3.16. The molecule has 62 valence electrons. The summed E-state index contributed by atoms with van der Waals surface area (Å²) in [5.74, 6) is 0.506. The van der Waals surface area contributed by atoms with Crippen LogP contribution in [0, 0.1) is 0 Å². The number of rotatable bonds is 1. The molecule has 1 N–H and O–H groups in total. The maximum absolute atomic E-state index is 3.49. The average Bonchev–Trinajstić information content (AvgIpc) is 2.17. The van der Waals surface area contributed by atoms with Crippen molar-refractivity contribution in [2.24, 2.45) is 0 Å². The average molecular weight is 346 g/mol. The molecule has 4 heteroatoms. The minimum atomic E-state index is 0.506. The van der Waals surface area contributed by atoms with Crippen LogP contribution in [0.1, 0.15) is 25.5 Å². The molecule has 1 aromatic rings. The Balaban J connectivity index is 3.19. The van der Waals surface area contributed by atoms with Gasteiger partial charge in [0, 0.05) is 5.69 Å². The quantitative estimate of drug-likeness (QED) is 0.775. The van der Waals surface area contributed by atoms with Gasteiger partial charge < -0.3 is 4.98 Å². The summed E-state index contributed by atoms with van der Waals surface area (Å²) in [6, 6.07) is 0. The summed E-state index contributed by atoms with van der Waals surface area (Å²) in [6.07, 6.45) is 0. The van der Waals surface area contributed by atoms with E-state index in [4.69, 9.17) is 0 Å². The van der Waals surface area contributed by atoms with E-state index in [1.807, 2.05) is 0 Å². The molecule has 0 bridgehead atoms. The molecule has 0 amide bonds. The Hall–Kier alpha value is 0.720. The lowest BCUT2D eigenvalue weighted by molar-refractivity contribution is 0.825. The topological polar surface area (TPSA) is 15.8 Å². The van der Waals surface area contributed by atoms with Crippen LogP contribution in [-0.2, 0) is 0 Å². The van der Waals surface area contributed by atoms with Gasteiger partial charge in [0.2, 0.25) is 0 Å². The van der Waals surface area contributed by atoms with Crippen molar-refractivity contribution < 1.29 is 0 Å². The van der Waals surface area contributed by atoms with Gasteiger partial charge in [-0.15, -0.1) is 0 Å². The van der Waals surface area contributed by atoms with Crippen molar-refractivity contribution in [2.45, 2.75) is 19.8 Å². The molecule has 0 fully saturated rings. The Morgan fingerprint density at radius 3 is 1.82 bits per heavy atom. The maximum Gasteiger partial charge on any atom is 0.0978 e. The SMILES string of the molecule is CC(C)c1[nH]c(Br)c(Br)c1Br. The highest BCUT2D eigenvalue weighted by Gasteiger charge is 2.13. The molecule has 0 atom stereocenters. The van der Waals surface area contributed by atoms with Crippen molar-refractivity contribution in [3.05, 3.63) is 19.2 Å². The van der Waals surface area contributed by atoms with Crippen molar-refractivity contribution in [1.82, 2.24) is 4.98 Å². The zero-order valence-corrected chi connectivity index (χ0v) is 11.0. The first-order chi connectivity index (χ1) is 5.04. The van der Waals surface area contributed by atoms with Crippen molar-refractivity contribution >= 4 is 47.8 Å². The smallest absolute Gasteiger partial charge is 0.0978 e. The van der Waals surface area contributed by atoms with Crippen LogP contribution in [0.5, 0.6) is 0 Å². The van der Waals surface area contributed by atoms with Gasteiger partial charge in [0.15, 0.2) is 0 Å². The molecular formula is C7H8Br3N. The third-order valence-corrected chi connectivity index (χ3v) is 4.72. The van der Waals surface area contributed by atoms with Crippen molar-refractivity contribution in [3.63, 3.8) is 0 Å². The van der Waals surface area contributed by atoms with Gasteiger partial charge in [-0.2, -0.15) is 0 Å². The van der Waals surface area contributed by atoms with Gasteiger partial charge in [-0.05, 0) is 53.7 Å². The van der Waals surface area contributed by atoms with E-state index in [0.717, 1.165) is 13.5 Å². The molecule has 0 aliphatic carbocycles. The normalized spacial score (nSPS) is 11.1. The summed E-state index contributed by atoms with van der Waals surface area (Å²) in [5.41, 5.74) is 1.21. The van der Waals surface area contributed by atoms with Gasteiger partial charge >= 0.3 is 0 Å². The van der Waals surface area contributed by atoms with E-state index in [2.05, 4.69) is 66.6 Å². The number of hydrogen-bond donors (Lipinski definition) is 1. The van der Waals surface area contributed by atoms with Gasteiger partial charge in [-0.25, -0.2) is 0 Å². The van der Waals surface area contributed by atoms with Crippen molar-refractivity contribution in [1.29, 1.82) is 0 Å². The van der Waals surface area contributed by atoms with Crippen LogP contribution in [0.15, 0.2) is 13.5 Å². The fraction of sp³-hybridized carbons (Fsp3) is 0.429. The molecule has 1 heterocycles. The number of aromatic amines is 1. The lowest BCUT2D eigenvalue weighted by Crippen LogP contribution is -1.86. The van der Waals surface area contributed by atoms with E-state index in [-0.39, 0.29) is 0 Å². The van der Waals surface area contributed by atoms with Gasteiger partial charge in [-0.3, -0.25) is 0 Å². The van der Waals surface area contributed by atoms with Gasteiger partial charge in [0.05, 0.1) is 13.5 Å². The molecule has 0 aliphatic rings. The molecule has 1 nitrogen and oxygen atoms in total. The first kappa shape index (κ1) is 9.81. The van der Waals surface area contributed by atoms with Gasteiger partial charge in [0.25, 0.3) is 0 Å². The fourth-order valence-electron chi connectivity index (χ4n) is 0.840. The molecule has 0 unspecified atom stereocenters. The molecular weight excluding hydrogens is 338 g/mol. The predicted octanol–water partition coefficient (Wildman–Crippen LogP) is 4.43. The Kier molecular flexibility index (Phi) is 3.23. The van der Waals surface area contributed by atoms with E-state index in [0.29, 0.717) is 5.92 Å². The zero-order valence-electron chi connectivity index (χ0n) is 6.21. The summed E-state index contributed by atoms with van der Waals surface area (Å²) in [4.78, 5) is 3.23. The number of H-pyrrole nitrogens is 1. The van der Waals surface area contributed by atoms with E-state index in [9.17, 15) is 0 Å². The Bertz CT molecular complexity index is 265. The monoisotopic (exact) mass is 343 g/mol. The van der Waals surface area contributed by atoms with Crippen LogP contribution in [0.4, 0.5) is 0 Å². The van der Waals surface area contributed by atoms with Crippen LogP contribution in [-0.4, -0.2) is 4.98 Å². The molecule has 0 spiro atoms. The highest BCUT2D eigenvalue weighted by atomic mass is 79.9. The third kappa shape index (κ3) is 1.90. The zero-order chi connectivity index (χ0) is 8.59. The lowest BCUT2D eigenvalue weighted by Gasteiger charge is -2.00. The highest BCUT2D eigenvalue weighted by Crippen LogP contribution is 2.36. The molecule has 1 aromatic heterocycles. The minimum absolute atomic E-state index is 0.506. The second kappa shape index (κ2) is 3.62. The number of aromatic nitrogens is 1. The first-order valence-corrected chi connectivity index (χ1v) is 5.64. The largest absolute Gasteiger partial charge is 0.351 e. The molecule has 0 aromatic carbocycles. The summed E-state index contributed by atoms with van der Waals surface area (Å²) >= 11 is 10.3. The Labute approximate surface area is 91.3 Å². The molecule has 1 rings (SSSR count). The minimum Gasteiger partial charge on any atom is -0.351 e. The molecule has 0 radical (unpaired) electrons. The van der Waals surface area contributed by atoms with E-state index in [1.54, 1.807) is 0 Å². The Morgan fingerprint density at radius 2 is 1.64 bits per heavy atom. The van der Waals surface area contributed by atoms with Crippen LogP contribution < -0.4 is 0 Å². The van der Waals surface area contributed by atoms with E-state index in [1.165, 1.54) is 5.69 Å². The molecule has 0 saturated heterocycles. The highest BCUT2D eigenvalue weighted by molar-refractivity contribution is 9.14. The van der Waals surface area contributed by atoms with Crippen molar-refractivity contribution in [3.8, 4) is 0 Å². The molecule has 0 saturated carbocycles. The summed E-state index contributed by atoms with van der Waals surface area (Å²) in [5, 5.41) is 0. The second-order valence-corrected chi connectivity index (χ2v) is 5.01. The van der Waals surface area contributed by atoms with Crippen LogP contribution in [0.2, 0.25) is 0 Å². The van der Waals surface area contributed by atoms with Crippen LogP contribution in [0.3, 0.4) is 0 Å². The number of halogens is 3. The van der Waals surface area contributed by atoms with Crippen LogP contribution >= 0.6 is 47.8 Å². The second-order valence-electron chi connectivity index (χ2n) is 2.64. The standard InChI is InChI=1S/C7H8Br3N/c1-3(2)6-4(8)5(9)7(10)11-6/h3,11H,1-2H3. The lowest BCUT2D eigenvalue weighted by atomic mass is 10.1. The van der Waals surface area contributed by atoms with Gasteiger partial charge in [0.1, 0.15) is 0 Å². The number of nitrogens with one attached hydrogen (secondary N) is 1. The summed E-state index contributed by atoms with van der Waals surface area (Å²) in [6.45, 7) is 4.30. The summed E-state index contributed by atoms with van der Waals surface area (Å²) in [7, 11) is 0. The third-order valence-electron chi connectivity index (χ3n) is 1.44. The molecule has 11 heavy (non-hydrogen) atoms. The van der Waals surface area contributed by atoms with Crippen molar-refractivity contribution in [2.75, 3.05) is 0 Å². The fourth-order valence-corrected chi connectivity index (χ4v) is 2.59. The number of hydrogen-bond acceptors (Lipinski definition) is 0. The van der Waals surface area contributed by atoms with Gasteiger partial charge in [-0.1, -0.05) is 13.8 Å². The van der Waals surface area contributed by atoms with Crippen LogP contribution in [0.25, 0.3) is 0 Å². The predicted molar refractivity (Wildman–Crippen MR) is 58.0 cm³/mol. The first-order valence-electron chi connectivity index (χ1n) is 3.26.